The Kier molecular flexibility index (Phi) is 5.01. The van der Waals surface area contributed by atoms with E-state index in [0.717, 1.165) is 25.7 Å². The summed E-state index contributed by atoms with van der Waals surface area (Å²) in [5.74, 6) is -0.130. The van der Waals surface area contributed by atoms with Gasteiger partial charge in [0.1, 0.15) is 15.5 Å². The summed E-state index contributed by atoms with van der Waals surface area (Å²) in [6.45, 7) is 3.84. The zero-order chi connectivity index (χ0) is 19.2. The summed E-state index contributed by atoms with van der Waals surface area (Å²) in [4.78, 5) is 12.1. The Morgan fingerprint density at radius 1 is 1.31 bits per heavy atom. The Bertz CT molecular complexity index is 778. The molecular formula is C20H27F2NO2S. The number of halogens is 2. The van der Waals surface area contributed by atoms with Crippen LogP contribution in [0.1, 0.15) is 52.4 Å². The van der Waals surface area contributed by atoms with Gasteiger partial charge in [-0.1, -0.05) is 32.0 Å². The second kappa shape index (κ2) is 6.70. The van der Waals surface area contributed by atoms with Crippen molar-refractivity contribution in [3.05, 3.63) is 30.3 Å². The first-order valence-corrected chi connectivity index (χ1v) is 10.9. The molecule has 2 fully saturated rings. The summed E-state index contributed by atoms with van der Waals surface area (Å²) in [5.41, 5.74) is -0.236. The summed E-state index contributed by atoms with van der Waals surface area (Å²) in [6.07, 6.45) is 3.26. The van der Waals surface area contributed by atoms with Crippen LogP contribution >= 0.6 is 0 Å². The highest BCUT2D eigenvalue weighted by Crippen LogP contribution is 2.57. The van der Waals surface area contributed by atoms with E-state index in [0.29, 0.717) is 6.42 Å². The van der Waals surface area contributed by atoms with Crippen LogP contribution in [0.2, 0.25) is 0 Å². The molecular weight excluding hydrogens is 356 g/mol. The minimum atomic E-state index is -4.22. The topological polar surface area (TPSA) is 58.0 Å². The van der Waals surface area contributed by atoms with E-state index in [4.69, 9.17) is 4.78 Å². The molecule has 0 aromatic heterocycles. The molecule has 144 valence electrons. The van der Waals surface area contributed by atoms with E-state index in [1.54, 1.807) is 13.0 Å². The highest BCUT2D eigenvalue weighted by atomic mass is 32.2. The maximum Gasteiger partial charge on any atom is 0.332 e. The van der Waals surface area contributed by atoms with Gasteiger partial charge in [0.15, 0.2) is 0 Å². The van der Waals surface area contributed by atoms with Gasteiger partial charge in [-0.3, -0.25) is 4.79 Å². The third-order valence-corrected chi connectivity index (χ3v) is 8.62. The third-order valence-electron chi connectivity index (χ3n) is 6.68. The SMILES string of the molecule is C[C@H](CC(F)(F)S(=N)(=O)c1ccccc1)[C@H]1CC[C@H]2C(=O)CCC[C@]12C. The lowest BCUT2D eigenvalue weighted by atomic mass is 9.62. The third kappa shape index (κ3) is 3.10. The molecule has 5 atom stereocenters. The van der Waals surface area contributed by atoms with E-state index < -0.39 is 21.4 Å². The van der Waals surface area contributed by atoms with Crippen molar-refractivity contribution < 1.29 is 17.8 Å². The van der Waals surface area contributed by atoms with Crippen LogP contribution in [0.4, 0.5) is 8.78 Å². The van der Waals surface area contributed by atoms with Crippen molar-refractivity contribution in [1.82, 2.24) is 0 Å². The van der Waals surface area contributed by atoms with Crippen LogP contribution < -0.4 is 0 Å². The Labute approximate surface area is 154 Å². The number of carbonyl (C=O) groups is 1. The average Bonchev–Trinajstić information content (AvgIpc) is 2.93. The molecule has 2 saturated carbocycles. The molecule has 0 bridgehead atoms. The fraction of sp³-hybridized carbons (Fsp3) is 0.650. The number of alkyl halides is 2. The largest absolute Gasteiger partial charge is 0.332 e. The van der Waals surface area contributed by atoms with Crippen molar-refractivity contribution in [3.63, 3.8) is 0 Å². The lowest BCUT2D eigenvalue weighted by Crippen LogP contribution is -2.41. The number of rotatable bonds is 5. The number of ketones is 1. The van der Waals surface area contributed by atoms with Crippen LogP contribution in [-0.4, -0.2) is 15.2 Å². The van der Waals surface area contributed by atoms with Gasteiger partial charge in [0, 0.05) is 18.8 Å². The molecule has 0 radical (unpaired) electrons. The Morgan fingerprint density at radius 3 is 2.62 bits per heavy atom. The normalized spacial score (nSPS) is 32.7. The lowest BCUT2D eigenvalue weighted by molar-refractivity contribution is -0.130. The van der Waals surface area contributed by atoms with E-state index in [9.17, 15) is 17.8 Å². The van der Waals surface area contributed by atoms with Crippen LogP contribution in [-0.2, 0) is 14.5 Å². The van der Waals surface area contributed by atoms with Crippen molar-refractivity contribution in [1.29, 1.82) is 4.78 Å². The minimum absolute atomic E-state index is 0.00796. The first-order valence-electron chi connectivity index (χ1n) is 9.33. The first kappa shape index (κ1) is 19.5. The summed E-state index contributed by atoms with van der Waals surface area (Å²) in [7, 11) is -4.22. The van der Waals surface area contributed by atoms with Gasteiger partial charge in [0.05, 0.1) is 4.90 Å². The molecule has 3 nitrogen and oxygen atoms in total. The molecule has 2 aliphatic rings. The fourth-order valence-electron chi connectivity index (χ4n) is 5.32. The summed E-state index contributed by atoms with van der Waals surface area (Å²) >= 11 is 0. The maximum absolute atomic E-state index is 14.9. The van der Waals surface area contributed by atoms with Crippen molar-refractivity contribution in [2.24, 2.45) is 23.2 Å². The van der Waals surface area contributed by atoms with Crippen LogP contribution in [0, 0.1) is 27.9 Å². The van der Waals surface area contributed by atoms with Gasteiger partial charge >= 0.3 is 5.25 Å². The predicted octanol–water partition coefficient (Wildman–Crippen LogP) is 5.50. The molecule has 3 rings (SSSR count). The number of fused-ring (bicyclic) bond motifs is 1. The molecule has 26 heavy (non-hydrogen) atoms. The lowest BCUT2D eigenvalue weighted by Gasteiger charge is -2.42. The molecule has 6 heteroatoms. The van der Waals surface area contributed by atoms with E-state index in [1.807, 2.05) is 0 Å². The molecule has 1 aromatic carbocycles. The number of benzene rings is 1. The monoisotopic (exact) mass is 383 g/mol. The number of Topliss-reactive ketones (excluding diaryl/α,β-unsaturated/α-hetero) is 1. The number of hydrogen-bond donors (Lipinski definition) is 1. The standard InChI is InChI=1S/C20H27F2NO2S/c1-14(16-10-11-17-18(24)9-6-12-19(16,17)2)13-20(21,22)26(23,25)15-7-4-3-5-8-15/h3-5,7-8,14,16-17,23H,6,9-13H2,1-2H3/t14-,16-,17+,19-,26?/m1/s1. The van der Waals surface area contributed by atoms with Crippen molar-refractivity contribution >= 4 is 15.5 Å². The second-order valence-corrected chi connectivity index (χ2v) is 10.4. The molecule has 0 heterocycles. The summed E-state index contributed by atoms with van der Waals surface area (Å²) in [5, 5.41) is -3.60. The molecule has 1 unspecified atom stereocenters. The van der Waals surface area contributed by atoms with Crippen molar-refractivity contribution in [2.45, 2.75) is 62.5 Å². The van der Waals surface area contributed by atoms with Gasteiger partial charge in [0.2, 0.25) is 0 Å². The summed E-state index contributed by atoms with van der Waals surface area (Å²) < 4.78 is 50.3. The Hall–Kier alpha value is -1.30. The van der Waals surface area contributed by atoms with Gasteiger partial charge in [-0.25, -0.2) is 8.99 Å². The number of carbonyl (C=O) groups excluding carboxylic acids is 1. The van der Waals surface area contributed by atoms with Gasteiger partial charge in [-0.15, -0.1) is 0 Å². The van der Waals surface area contributed by atoms with E-state index in [1.165, 1.54) is 24.3 Å². The number of hydrogen-bond acceptors (Lipinski definition) is 3. The fourth-order valence-corrected chi connectivity index (χ4v) is 6.71. The van der Waals surface area contributed by atoms with Gasteiger partial charge in [-0.2, -0.15) is 8.78 Å². The van der Waals surface area contributed by atoms with Crippen molar-refractivity contribution in [3.8, 4) is 0 Å². The predicted molar refractivity (Wildman–Crippen MR) is 97.5 cm³/mol. The van der Waals surface area contributed by atoms with Gasteiger partial charge in [0.25, 0.3) is 0 Å². The van der Waals surface area contributed by atoms with Crippen LogP contribution in [0.15, 0.2) is 35.2 Å². The van der Waals surface area contributed by atoms with E-state index in [-0.39, 0.29) is 33.8 Å². The van der Waals surface area contributed by atoms with Gasteiger partial charge in [-0.05, 0) is 55.1 Å². The molecule has 1 N–H and O–H groups in total. The highest BCUT2D eigenvalue weighted by molar-refractivity contribution is 7.93. The first-order chi connectivity index (χ1) is 12.1. The molecule has 0 amide bonds. The van der Waals surface area contributed by atoms with Crippen LogP contribution in [0.5, 0.6) is 0 Å². The minimum Gasteiger partial charge on any atom is -0.299 e. The van der Waals surface area contributed by atoms with E-state index >= 15 is 0 Å². The summed E-state index contributed by atoms with van der Waals surface area (Å²) in [6, 6.07) is 7.37. The molecule has 2 aliphatic carbocycles. The second-order valence-electron chi connectivity index (χ2n) is 8.25. The Morgan fingerprint density at radius 2 is 1.96 bits per heavy atom. The molecule has 1 aromatic rings. The van der Waals surface area contributed by atoms with Gasteiger partial charge < -0.3 is 0 Å². The van der Waals surface area contributed by atoms with Crippen LogP contribution in [0.25, 0.3) is 0 Å². The average molecular weight is 384 g/mol. The highest BCUT2D eigenvalue weighted by Gasteiger charge is 2.54. The quantitative estimate of drug-likeness (QED) is 0.730. The number of nitrogens with one attached hydrogen (secondary N) is 1. The van der Waals surface area contributed by atoms with Crippen LogP contribution in [0.3, 0.4) is 0 Å². The molecule has 0 saturated heterocycles. The van der Waals surface area contributed by atoms with Crippen molar-refractivity contribution in [2.75, 3.05) is 0 Å². The zero-order valence-corrected chi connectivity index (χ0v) is 16.2. The smallest absolute Gasteiger partial charge is 0.299 e. The zero-order valence-electron chi connectivity index (χ0n) is 15.3. The maximum atomic E-state index is 14.9. The molecule has 0 spiro atoms. The van der Waals surface area contributed by atoms with E-state index in [2.05, 4.69) is 6.92 Å². The Balaban J connectivity index is 1.81. The molecule has 0 aliphatic heterocycles.